The number of hydrogen-bond acceptors (Lipinski definition) is 5. The van der Waals surface area contributed by atoms with Crippen molar-refractivity contribution < 1.29 is 24.2 Å². The minimum absolute atomic E-state index is 0.382. The van der Waals surface area contributed by atoms with Gasteiger partial charge in [-0.25, -0.2) is 0 Å². The van der Waals surface area contributed by atoms with E-state index in [-0.39, 0.29) is 0 Å². The molecule has 5 nitrogen and oxygen atoms in total. The Bertz CT molecular complexity index is 378. The Morgan fingerprint density at radius 3 is 2.53 bits per heavy atom. The third-order valence-electron chi connectivity index (χ3n) is 4.03. The first-order valence-electron chi connectivity index (χ1n) is 5.02. The molecular weight excluding hydrogens is 200 g/mol. The van der Waals surface area contributed by atoms with Gasteiger partial charge >= 0.3 is 11.9 Å². The average Bonchev–Trinajstić information content (AvgIpc) is 2.58. The molecule has 0 saturated carbocycles. The van der Waals surface area contributed by atoms with Gasteiger partial charge in [-0.15, -0.1) is 0 Å². The summed E-state index contributed by atoms with van der Waals surface area (Å²) in [6.07, 6.45) is -0.324. The van der Waals surface area contributed by atoms with Gasteiger partial charge in [0.05, 0.1) is 11.7 Å². The zero-order valence-electron chi connectivity index (χ0n) is 8.52. The molecule has 3 rings (SSSR count). The van der Waals surface area contributed by atoms with Crippen molar-refractivity contribution in [2.45, 2.75) is 37.6 Å². The highest BCUT2D eigenvalue weighted by molar-refractivity contribution is 5.99. The molecule has 0 amide bonds. The Kier molecular flexibility index (Phi) is 1.39. The minimum Gasteiger partial charge on any atom is -0.393 e. The van der Waals surface area contributed by atoms with Crippen LogP contribution in [0.3, 0.4) is 0 Å². The molecule has 3 aliphatic rings. The summed E-state index contributed by atoms with van der Waals surface area (Å²) < 4.78 is 10.3. The van der Waals surface area contributed by atoms with Crippen LogP contribution in [-0.2, 0) is 19.1 Å². The molecule has 0 aromatic heterocycles. The summed E-state index contributed by atoms with van der Waals surface area (Å²) in [5.41, 5.74) is -1.70. The van der Waals surface area contributed by atoms with Gasteiger partial charge in [0.2, 0.25) is 0 Å². The first-order chi connectivity index (χ1) is 6.88. The zero-order valence-corrected chi connectivity index (χ0v) is 8.52. The molecule has 2 bridgehead atoms. The van der Waals surface area contributed by atoms with E-state index in [1.165, 1.54) is 0 Å². The second-order valence-electron chi connectivity index (χ2n) is 5.01. The number of fused-ring (bicyclic) bond motifs is 5. The van der Waals surface area contributed by atoms with Gasteiger partial charge < -0.3 is 14.6 Å². The van der Waals surface area contributed by atoms with E-state index in [2.05, 4.69) is 4.74 Å². The highest BCUT2D eigenvalue weighted by atomic mass is 16.6. The fourth-order valence-corrected chi connectivity index (χ4v) is 3.32. The highest BCUT2D eigenvalue weighted by Gasteiger charge is 2.75. The molecule has 5 heteroatoms. The molecule has 3 heterocycles. The smallest absolute Gasteiger partial charge is 0.320 e. The molecule has 3 aliphatic heterocycles. The van der Waals surface area contributed by atoms with Crippen LogP contribution in [0.2, 0.25) is 0 Å². The van der Waals surface area contributed by atoms with E-state index in [1.807, 2.05) is 0 Å². The second-order valence-corrected chi connectivity index (χ2v) is 5.01. The molecule has 0 aromatic carbocycles. The summed E-state index contributed by atoms with van der Waals surface area (Å²) >= 11 is 0. The lowest BCUT2D eigenvalue weighted by Gasteiger charge is -2.30. The Morgan fingerprint density at radius 1 is 1.27 bits per heavy atom. The van der Waals surface area contributed by atoms with Crippen LogP contribution >= 0.6 is 0 Å². The molecule has 0 spiro atoms. The number of aliphatic hydroxyl groups is 1. The average molecular weight is 212 g/mol. The van der Waals surface area contributed by atoms with Gasteiger partial charge in [-0.1, -0.05) is 0 Å². The van der Waals surface area contributed by atoms with E-state index < -0.39 is 41.1 Å². The lowest BCUT2D eigenvalue weighted by atomic mass is 9.67. The van der Waals surface area contributed by atoms with Gasteiger partial charge in [0.15, 0.2) is 0 Å². The predicted octanol–water partition coefficient (Wildman–Crippen LogP) is -0.386. The molecule has 3 fully saturated rings. The van der Waals surface area contributed by atoms with Gasteiger partial charge in [0.25, 0.3) is 0 Å². The van der Waals surface area contributed by atoms with Crippen molar-refractivity contribution in [3.05, 3.63) is 0 Å². The maximum atomic E-state index is 11.5. The quantitative estimate of drug-likeness (QED) is 0.437. The predicted molar refractivity (Wildman–Crippen MR) is 46.6 cm³/mol. The van der Waals surface area contributed by atoms with Gasteiger partial charge in [0, 0.05) is 6.42 Å². The fraction of sp³-hybridized carbons (Fsp3) is 0.800. The summed E-state index contributed by atoms with van der Waals surface area (Å²) in [4.78, 5) is 23.0. The van der Waals surface area contributed by atoms with Crippen LogP contribution in [0.4, 0.5) is 0 Å². The van der Waals surface area contributed by atoms with Crippen LogP contribution < -0.4 is 0 Å². The van der Waals surface area contributed by atoms with Crippen molar-refractivity contribution in [2.24, 2.45) is 11.8 Å². The van der Waals surface area contributed by atoms with Crippen LogP contribution in [0, 0.1) is 11.8 Å². The minimum atomic E-state index is -0.956. The van der Waals surface area contributed by atoms with Crippen molar-refractivity contribution in [1.82, 2.24) is 0 Å². The largest absolute Gasteiger partial charge is 0.393 e. The fourth-order valence-electron chi connectivity index (χ4n) is 3.32. The molecule has 0 aromatic rings. The molecule has 0 radical (unpaired) electrons. The number of rotatable bonds is 0. The van der Waals surface area contributed by atoms with E-state index in [0.717, 1.165) is 0 Å². The third kappa shape index (κ3) is 0.823. The van der Waals surface area contributed by atoms with Crippen molar-refractivity contribution >= 4 is 11.9 Å². The number of cyclic esters (lactones) is 2. The number of aliphatic hydroxyl groups excluding tert-OH is 1. The summed E-state index contributed by atoms with van der Waals surface area (Å²) in [5.74, 6) is -2.25. The first-order valence-corrected chi connectivity index (χ1v) is 5.02. The number of ether oxygens (including phenoxy) is 2. The van der Waals surface area contributed by atoms with Crippen LogP contribution in [0.25, 0.3) is 0 Å². The molecule has 15 heavy (non-hydrogen) atoms. The Labute approximate surface area is 86.4 Å². The number of carbonyl (C=O) groups is 2. The molecule has 2 unspecified atom stereocenters. The number of hydrogen-bond donors (Lipinski definition) is 1. The molecule has 5 atom stereocenters. The zero-order chi connectivity index (χ0) is 11.0. The second kappa shape index (κ2) is 2.25. The molecule has 1 N–H and O–H groups in total. The highest BCUT2D eigenvalue weighted by Crippen LogP contribution is 2.59. The molecule has 0 aliphatic carbocycles. The lowest BCUT2D eigenvalue weighted by Crippen LogP contribution is -2.48. The SMILES string of the molecule is CC12C[C@H](O)C(C)(O1)[C@@H]1C(=O)OC(=O)[C@@H]12. The maximum absolute atomic E-state index is 11.5. The summed E-state index contributed by atoms with van der Waals surface area (Å²) in [6.45, 7) is 3.43. The van der Waals surface area contributed by atoms with Gasteiger partial charge in [-0.3, -0.25) is 9.59 Å². The molecule has 3 saturated heterocycles. The van der Waals surface area contributed by atoms with Gasteiger partial charge in [0.1, 0.15) is 17.4 Å². The van der Waals surface area contributed by atoms with E-state index in [0.29, 0.717) is 6.42 Å². The number of carbonyl (C=O) groups excluding carboxylic acids is 2. The van der Waals surface area contributed by atoms with Crippen molar-refractivity contribution in [3.63, 3.8) is 0 Å². The molecule has 82 valence electrons. The van der Waals surface area contributed by atoms with Crippen molar-refractivity contribution in [2.75, 3.05) is 0 Å². The first kappa shape index (κ1) is 9.30. The summed E-state index contributed by atoms with van der Waals surface area (Å²) in [7, 11) is 0. The normalized spacial score (nSPS) is 57.1. The van der Waals surface area contributed by atoms with Crippen LogP contribution in [0.1, 0.15) is 20.3 Å². The lowest BCUT2D eigenvalue weighted by molar-refractivity contribution is -0.162. The maximum Gasteiger partial charge on any atom is 0.320 e. The number of esters is 2. The van der Waals surface area contributed by atoms with Crippen LogP contribution in [0.15, 0.2) is 0 Å². The van der Waals surface area contributed by atoms with Crippen molar-refractivity contribution in [3.8, 4) is 0 Å². The molecular formula is C10H12O5. The Balaban J connectivity index is 2.14. The van der Waals surface area contributed by atoms with Gasteiger partial charge in [-0.2, -0.15) is 0 Å². The van der Waals surface area contributed by atoms with E-state index in [4.69, 9.17) is 4.74 Å². The Hall–Kier alpha value is -0.940. The van der Waals surface area contributed by atoms with Crippen LogP contribution in [0.5, 0.6) is 0 Å². The topological polar surface area (TPSA) is 72.8 Å². The van der Waals surface area contributed by atoms with E-state index in [1.54, 1.807) is 13.8 Å². The third-order valence-corrected chi connectivity index (χ3v) is 4.03. The van der Waals surface area contributed by atoms with Crippen molar-refractivity contribution in [1.29, 1.82) is 0 Å². The summed E-state index contributed by atoms with van der Waals surface area (Å²) in [5, 5.41) is 9.85. The van der Waals surface area contributed by atoms with E-state index in [9.17, 15) is 14.7 Å². The Morgan fingerprint density at radius 2 is 1.87 bits per heavy atom. The van der Waals surface area contributed by atoms with E-state index >= 15 is 0 Å². The standard InChI is InChI=1S/C10H12O5/c1-9-3-4(11)10(2,15-9)6-5(9)7(12)14-8(6)13/h4-6,11H,3H2,1-2H3/t4-,5+,6-,9?,10?/m0/s1. The van der Waals surface area contributed by atoms with Gasteiger partial charge in [-0.05, 0) is 13.8 Å². The monoisotopic (exact) mass is 212 g/mol. The summed E-state index contributed by atoms with van der Waals surface area (Å²) in [6, 6.07) is 0. The van der Waals surface area contributed by atoms with Crippen LogP contribution in [-0.4, -0.2) is 34.4 Å².